The van der Waals surface area contributed by atoms with Gasteiger partial charge in [-0.15, -0.1) is 0 Å². The number of carbonyl (C=O) groups is 1. The molecule has 7 nitrogen and oxygen atoms in total. The lowest BCUT2D eigenvalue weighted by Gasteiger charge is -2.13. The van der Waals surface area contributed by atoms with Crippen molar-refractivity contribution in [3.05, 3.63) is 74.3 Å². The van der Waals surface area contributed by atoms with Gasteiger partial charge in [-0.3, -0.25) is 14.9 Å². The number of halogens is 1. The number of hydrogen-bond donors (Lipinski definition) is 2. The van der Waals surface area contributed by atoms with E-state index in [1.165, 1.54) is 6.07 Å². The third kappa shape index (κ3) is 4.37. The molecule has 0 saturated heterocycles. The molecule has 2 aromatic carbocycles. The summed E-state index contributed by atoms with van der Waals surface area (Å²) >= 11 is 5.81. The Labute approximate surface area is 154 Å². The molecular formula is C18H14ClN3O4. The lowest BCUT2D eigenvalue weighted by atomic mass is 10.1. The van der Waals surface area contributed by atoms with Crippen molar-refractivity contribution in [1.82, 2.24) is 5.32 Å². The van der Waals surface area contributed by atoms with Crippen LogP contribution < -0.4 is 5.32 Å². The van der Waals surface area contributed by atoms with Crippen molar-refractivity contribution >= 4 is 29.3 Å². The number of carbonyl (C=O) groups excluding carboxylic acids is 1. The van der Waals surface area contributed by atoms with Crippen molar-refractivity contribution in [3.8, 4) is 11.8 Å². The maximum atomic E-state index is 12.3. The van der Waals surface area contributed by atoms with Gasteiger partial charge in [-0.05, 0) is 24.6 Å². The van der Waals surface area contributed by atoms with E-state index in [0.29, 0.717) is 0 Å². The molecule has 0 aliphatic rings. The number of hydrogen-bond acceptors (Lipinski definition) is 5. The Morgan fingerprint density at radius 3 is 2.62 bits per heavy atom. The fourth-order valence-electron chi connectivity index (χ4n) is 2.26. The minimum absolute atomic E-state index is 0.00361. The molecule has 26 heavy (non-hydrogen) atoms. The van der Waals surface area contributed by atoms with E-state index in [1.807, 2.05) is 30.3 Å². The Balaban J connectivity index is 2.32. The van der Waals surface area contributed by atoms with Gasteiger partial charge in [-0.25, -0.2) is 0 Å². The van der Waals surface area contributed by atoms with E-state index >= 15 is 0 Å². The maximum Gasteiger partial charge on any atom is 0.312 e. The zero-order valence-electron chi connectivity index (χ0n) is 13.6. The van der Waals surface area contributed by atoms with Crippen LogP contribution in [0.1, 0.15) is 24.1 Å². The Morgan fingerprint density at radius 2 is 2.04 bits per heavy atom. The van der Waals surface area contributed by atoms with Gasteiger partial charge in [0.15, 0.2) is 0 Å². The first-order chi connectivity index (χ1) is 12.3. The van der Waals surface area contributed by atoms with Crippen molar-refractivity contribution in [1.29, 1.82) is 5.26 Å². The van der Waals surface area contributed by atoms with Crippen LogP contribution in [0.5, 0.6) is 5.75 Å². The molecule has 0 heterocycles. The monoisotopic (exact) mass is 371 g/mol. The number of nitrogens with one attached hydrogen (secondary N) is 1. The third-order valence-electron chi connectivity index (χ3n) is 3.59. The molecule has 0 fully saturated rings. The van der Waals surface area contributed by atoms with Crippen molar-refractivity contribution in [3.63, 3.8) is 0 Å². The van der Waals surface area contributed by atoms with Crippen LogP contribution in [0, 0.1) is 21.4 Å². The second-order valence-electron chi connectivity index (χ2n) is 5.40. The number of nitro benzene ring substituents is 1. The summed E-state index contributed by atoms with van der Waals surface area (Å²) in [4.78, 5) is 22.5. The predicted molar refractivity (Wildman–Crippen MR) is 96.4 cm³/mol. The van der Waals surface area contributed by atoms with Crippen LogP contribution in [0.4, 0.5) is 5.69 Å². The van der Waals surface area contributed by atoms with Gasteiger partial charge in [-0.2, -0.15) is 5.26 Å². The van der Waals surface area contributed by atoms with Crippen LogP contribution >= 0.6 is 11.6 Å². The van der Waals surface area contributed by atoms with Gasteiger partial charge in [-0.1, -0.05) is 41.9 Å². The van der Waals surface area contributed by atoms with Crippen molar-refractivity contribution in [2.75, 3.05) is 0 Å². The number of rotatable bonds is 5. The summed E-state index contributed by atoms with van der Waals surface area (Å²) in [5, 5.41) is 32.8. The van der Waals surface area contributed by atoms with E-state index in [4.69, 9.17) is 11.6 Å². The normalized spacial score (nSPS) is 12.1. The van der Waals surface area contributed by atoms with Crippen LogP contribution in [0.15, 0.2) is 48.0 Å². The van der Waals surface area contributed by atoms with Crippen LogP contribution in [0.3, 0.4) is 0 Å². The fourth-order valence-corrected chi connectivity index (χ4v) is 2.48. The number of benzene rings is 2. The average molecular weight is 372 g/mol. The van der Waals surface area contributed by atoms with Gasteiger partial charge in [0.1, 0.15) is 11.6 Å². The van der Waals surface area contributed by atoms with E-state index in [1.54, 1.807) is 13.0 Å². The molecule has 1 amide bonds. The van der Waals surface area contributed by atoms with E-state index in [0.717, 1.165) is 17.7 Å². The standard InChI is InChI=1S/C18H14ClN3O4/c1-11(12-5-3-2-4-6-12)21-18(24)14(10-20)7-13-8-15(19)9-16(17(13)23)22(25)26/h2-9,11,23H,1H3,(H,21,24)/b14-7+/t11-/m1/s1. The van der Waals surface area contributed by atoms with E-state index in [2.05, 4.69) is 5.32 Å². The molecule has 0 radical (unpaired) electrons. The first-order valence-corrected chi connectivity index (χ1v) is 7.85. The topological polar surface area (TPSA) is 116 Å². The summed E-state index contributed by atoms with van der Waals surface area (Å²) in [5.74, 6) is -1.35. The molecule has 0 spiro atoms. The number of nitrogens with zero attached hydrogens (tertiary/aromatic N) is 2. The number of phenols is 1. The highest BCUT2D eigenvalue weighted by atomic mass is 35.5. The molecule has 2 rings (SSSR count). The molecule has 0 unspecified atom stereocenters. The molecule has 0 aliphatic carbocycles. The largest absolute Gasteiger partial charge is 0.502 e. The second kappa shape index (κ2) is 8.14. The zero-order valence-corrected chi connectivity index (χ0v) is 14.4. The van der Waals surface area contributed by atoms with Gasteiger partial charge >= 0.3 is 5.69 Å². The molecule has 8 heteroatoms. The Morgan fingerprint density at radius 1 is 1.38 bits per heavy atom. The maximum absolute atomic E-state index is 12.3. The number of nitro groups is 1. The number of amides is 1. The molecule has 0 bridgehead atoms. The quantitative estimate of drug-likeness (QED) is 0.359. The highest BCUT2D eigenvalue weighted by molar-refractivity contribution is 6.31. The summed E-state index contributed by atoms with van der Waals surface area (Å²) in [5.41, 5.74) is -0.179. The summed E-state index contributed by atoms with van der Waals surface area (Å²) < 4.78 is 0. The predicted octanol–water partition coefficient (Wildman–Crippen LogP) is 3.74. The Hall–Kier alpha value is -3.37. The van der Waals surface area contributed by atoms with Gasteiger partial charge in [0.05, 0.1) is 11.0 Å². The molecule has 0 aromatic heterocycles. The molecule has 0 aliphatic heterocycles. The first kappa shape index (κ1) is 19.0. The minimum atomic E-state index is -0.803. The number of aromatic hydroxyl groups is 1. The lowest BCUT2D eigenvalue weighted by Crippen LogP contribution is -2.27. The van der Waals surface area contributed by atoms with Crippen LogP contribution in [-0.2, 0) is 4.79 Å². The highest BCUT2D eigenvalue weighted by Crippen LogP contribution is 2.34. The SMILES string of the molecule is C[C@@H](NC(=O)/C(C#N)=C/c1cc(Cl)cc([N+](=O)[O-])c1O)c1ccccc1. The van der Waals surface area contributed by atoms with Gasteiger partial charge < -0.3 is 10.4 Å². The highest BCUT2D eigenvalue weighted by Gasteiger charge is 2.20. The minimum Gasteiger partial charge on any atom is -0.502 e. The molecular weight excluding hydrogens is 358 g/mol. The van der Waals surface area contributed by atoms with E-state index in [9.17, 15) is 25.3 Å². The smallest absolute Gasteiger partial charge is 0.312 e. The zero-order chi connectivity index (χ0) is 19.3. The molecule has 0 saturated carbocycles. The summed E-state index contributed by atoms with van der Waals surface area (Å²) in [6.45, 7) is 1.75. The summed E-state index contributed by atoms with van der Waals surface area (Å²) in [7, 11) is 0. The molecule has 2 aromatic rings. The third-order valence-corrected chi connectivity index (χ3v) is 3.81. The van der Waals surface area contributed by atoms with Crippen molar-refractivity contribution < 1.29 is 14.8 Å². The van der Waals surface area contributed by atoms with Gasteiger partial charge in [0.2, 0.25) is 5.75 Å². The lowest BCUT2D eigenvalue weighted by molar-refractivity contribution is -0.385. The molecule has 2 N–H and O–H groups in total. The van der Waals surface area contributed by atoms with Gasteiger partial charge in [0.25, 0.3) is 5.91 Å². The van der Waals surface area contributed by atoms with Crippen molar-refractivity contribution in [2.45, 2.75) is 13.0 Å². The summed E-state index contributed by atoms with van der Waals surface area (Å²) in [6.07, 6.45) is 1.06. The molecule has 1 atom stereocenters. The Bertz CT molecular complexity index is 920. The number of nitriles is 1. The fraction of sp³-hybridized carbons (Fsp3) is 0.111. The van der Waals surface area contributed by atoms with Crippen molar-refractivity contribution in [2.24, 2.45) is 0 Å². The van der Waals surface area contributed by atoms with Crippen LogP contribution in [0.2, 0.25) is 5.02 Å². The second-order valence-corrected chi connectivity index (χ2v) is 5.83. The van der Waals surface area contributed by atoms with Gasteiger partial charge in [0, 0.05) is 16.7 Å². The summed E-state index contributed by atoms with van der Waals surface area (Å²) in [6, 6.07) is 12.7. The average Bonchev–Trinajstić information content (AvgIpc) is 2.62. The Kier molecular flexibility index (Phi) is 5.94. The van der Waals surface area contributed by atoms with E-state index in [-0.39, 0.29) is 22.2 Å². The first-order valence-electron chi connectivity index (χ1n) is 7.48. The van der Waals surface area contributed by atoms with Crippen LogP contribution in [0.25, 0.3) is 6.08 Å². The van der Waals surface area contributed by atoms with Crippen LogP contribution in [-0.4, -0.2) is 15.9 Å². The number of phenolic OH excluding ortho intramolecular Hbond substituents is 1. The van der Waals surface area contributed by atoms with E-state index < -0.39 is 22.3 Å². The molecule has 132 valence electrons.